The Balaban J connectivity index is 1.83. The zero-order valence-corrected chi connectivity index (χ0v) is 15.9. The summed E-state index contributed by atoms with van der Waals surface area (Å²) >= 11 is 0. The van der Waals surface area contributed by atoms with E-state index >= 15 is 0 Å². The Morgan fingerprint density at radius 2 is 1.90 bits per heavy atom. The number of methoxy groups -OCH3 is 2. The van der Waals surface area contributed by atoms with E-state index < -0.39 is 4.92 Å². The summed E-state index contributed by atoms with van der Waals surface area (Å²) in [7, 11) is 3.07. The van der Waals surface area contributed by atoms with Crippen LogP contribution in [0, 0.1) is 10.1 Å². The number of carbonyl (C=O) groups excluding carboxylic acids is 1. The maximum Gasteiger partial charge on any atom is 0.389 e. The van der Waals surface area contributed by atoms with Gasteiger partial charge in [0.05, 0.1) is 43.7 Å². The van der Waals surface area contributed by atoms with Crippen LogP contribution in [-0.4, -0.2) is 34.7 Å². The molecular formula is C21H19N3O5. The SMILES string of the molecule is COc1ccc(/C=C/C(=O)c2ccccc2OC)cc1Cn1ccc([N+](=O)[O-])n1. The van der Waals surface area contributed by atoms with Crippen molar-refractivity contribution >= 4 is 17.7 Å². The average Bonchev–Trinajstić information content (AvgIpc) is 3.21. The Kier molecular flexibility index (Phi) is 6.03. The third-order valence-electron chi connectivity index (χ3n) is 4.25. The number of hydrogen-bond donors (Lipinski definition) is 0. The largest absolute Gasteiger partial charge is 0.496 e. The highest BCUT2D eigenvalue weighted by Gasteiger charge is 2.13. The number of ketones is 1. The van der Waals surface area contributed by atoms with Gasteiger partial charge < -0.3 is 19.6 Å². The van der Waals surface area contributed by atoms with Crippen LogP contribution in [0.25, 0.3) is 6.08 Å². The van der Waals surface area contributed by atoms with Gasteiger partial charge in [-0.2, -0.15) is 4.68 Å². The number of benzene rings is 2. The van der Waals surface area contributed by atoms with Crippen LogP contribution in [0.3, 0.4) is 0 Å². The molecule has 1 aromatic heterocycles. The second-order valence-electron chi connectivity index (χ2n) is 6.10. The normalized spacial score (nSPS) is 10.8. The molecule has 0 unspecified atom stereocenters. The molecule has 0 aliphatic heterocycles. The Morgan fingerprint density at radius 1 is 1.14 bits per heavy atom. The first-order valence-electron chi connectivity index (χ1n) is 8.72. The molecule has 0 saturated carbocycles. The van der Waals surface area contributed by atoms with Crippen molar-refractivity contribution in [1.29, 1.82) is 0 Å². The third kappa shape index (κ3) is 4.67. The second-order valence-corrected chi connectivity index (χ2v) is 6.10. The maximum absolute atomic E-state index is 12.5. The molecule has 8 nitrogen and oxygen atoms in total. The molecule has 3 rings (SSSR count). The molecule has 1 heterocycles. The van der Waals surface area contributed by atoms with Crippen molar-refractivity contribution in [2.45, 2.75) is 6.54 Å². The Bertz CT molecular complexity index is 1070. The van der Waals surface area contributed by atoms with Gasteiger partial charge in [0, 0.05) is 5.56 Å². The van der Waals surface area contributed by atoms with Gasteiger partial charge in [0.2, 0.25) is 0 Å². The molecule has 8 heteroatoms. The molecule has 0 amide bonds. The average molecular weight is 393 g/mol. The highest BCUT2D eigenvalue weighted by Crippen LogP contribution is 2.23. The van der Waals surface area contributed by atoms with E-state index in [1.54, 1.807) is 43.5 Å². The number of nitro groups is 1. The number of allylic oxidation sites excluding steroid dienone is 1. The Hall–Kier alpha value is -3.94. The van der Waals surface area contributed by atoms with Gasteiger partial charge in [0.25, 0.3) is 0 Å². The molecule has 0 atom stereocenters. The highest BCUT2D eigenvalue weighted by molar-refractivity contribution is 6.08. The number of rotatable bonds is 8. The van der Waals surface area contributed by atoms with Gasteiger partial charge in [0.1, 0.15) is 11.5 Å². The summed E-state index contributed by atoms with van der Waals surface area (Å²) in [5.74, 6) is 0.735. The van der Waals surface area contributed by atoms with Crippen LogP contribution in [0.4, 0.5) is 5.82 Å². The van der Waals surface area contributed by atoms with Crippen LogP contribution in [0.1, 0.15) is 21.5 Å². The smallest absolute Gasteiger partial charge is 0.389 e. The van der Waals surface area contributed by atoms with E-state index in [2.05, 4.69) is 5.10 Å². The molecule has 2 aromatic carbocycles. The summed E-state index contributed by atoms with van der Waals surface area (Å²) in [5.41, 5.74) is 2.03. The quantitative estimate of drug-likeness (QED) is 0.250. The Labute approximate surface area is 167 Å². The minimum atomic E-state index is -0.545. The van der Waals surface area contributed by atoms with Crippen molar-refractivity contribution in [1.82, 2.24) is 9.78 Å². The summed E-state index contributed by atoms with van der Waals surface area (Å²) in [6, 6.07) is 13.8. The van der Waals surface area contributed by atoms with Gasteiger partial charge in [-0.25, -0.2) is 0 Å². The van der Waals surface area contributed by atoms with E-state index in [0.717, 1.165) is 11.1 Å². The summed E-state index contributed by atoms with van der Waals surface area (Å²) in [5, 5.41) is 14.7. The van der Waals surface area contributed by atoms with Crippen molar-refractivity contribution in [3.8, 4) is 11.5 Å². The molecule has 0 saturated heterocycles. The van der Waals surface area contributed by atoms with Gasteiger partial charge >= 0.3 is 5.82 Å². The molecule has 0 aliphatic carbocycles. The van der Waals surface area contributed by atoms with E-state index in [9.17, 15) is 14.9 Å². The maximum atomic E-state index is 12.5. The predicted molar refractivity (Wildman–Crippen MR) is 107 cm³/mol. The van der Waals surface area contributed by atoms with Crippen LogP contribution in [-0.2, 0) is 6.54 Å². The molecule has 0 aliphatic rings. The summed E-state index contributed by atoms with van der Waals surface area (Å²) in [4.78, 5) is 22.8. The predicted octanol–water partition coefficient (Wildman–Crippen LogP) is 3.75. The summed E-state index contributed by atoms with van der Waals surface area (Å²) < 4.78 is 12.1. The van der Waals surface area contributed by atoms with E-state index in [0.29, 0.717) is 23.6 Å². The van der Waals surface area contributed by atoms with Crippen molar-refractivity contribution in [2.75, 3.05) is 14.2 Å². The molecule has 148 valence electrons. The number of aromatic nitrogens is 2. The first kappa shape index (κ1) is 19.8. The lowest BCUT2D eigenvalue weighted by molar-refractivity contribution is -0.389. The van der Waals surface area contributed by atoms with E-state index in [1.165, 1.54) is 30.1 Å². The number of nitrogens with zero attached hydrogens (tertiary/aromatic N) is 3. The van der Waals surface area contributed by atoms with E-state index in [-0.39, 0.29) is 11.6 Å². The van der Waals surface area contributed by atoms with Crippen LogP contribution >= 0.6 is 0 Å². The molecule has 0 fully saturated rings. The lowest BCUT2D eigenvalue weighted by Gasteiger charge is -2.08. The number of hydrogen-bond acceptors (Lipinski definition) is 6. The van der Waals surface area contributed by atoms with Crippen LogP contribution in [0.15, 0.2) is 60.8 Å². The third-order valence-corrected chi connectivity index (χ3v) is 4.25. The molecule has 0 bridgehead atoms. The number of para-hydroxylation sites is 1. The van der Waals surface area contributed by atoms with Gasteiger partial charge in [-0.05, 0) is 40.8 Å². The van der Waals surface area contributed by atoms with Crippen molar-refractivity contribution in [3.63, 3.8) is 0 Å². The van der Waals surface area contributed by atoms with Gasteiger partial charge in [-0.1, -0.05) is 24.3 Å². The Morgan fingerprint density at radius 3 is 2.59 bits per heavy atom. The van der Waals surface area contributed by atoms with Gasteiger partial charge in [-0.3, -0.25) is 4.79 Å². The molecule has 29 heavy (non-hydrogen) atoms. The van der Waals surface area contributed by atoms with Crippen LogP contribution < -0.4 is 9.47 Å². The number of ether oxygens (including phenoxy) is 2. The van der Waals surface area contributed by atoms with Crippen LogP contribution in [0.5, 0.6) is 11.5 Å². The highest BCUT2D eigenvalue weighted by atomic mass is 16.6. The monoisotopic (exact) mass is 393 g/mol. The first-order valence-corrected chi connectivity index (χ1v) is 8.72. The molecule has 3 aromatic rings. The number of carbonyl (C=O) groups is 1. The lowest BCUT2D eigenvalue weighted by Crippen LogP contribution is -2.03. The molecular weight excluding hydrogens is 374 g/mol. The minimum absolute atomic E-state index is 0.178. The summed E-state index contributed by atoms with van der Waals surface area (Å²) in [6.45, 7) is 0.291. The van der Waals surface area contributed by atoms with Crippen molar-refractivity contribution in [3.05, 3.63) is 87.6 Å². The molecule has 0 spiro atoms. The summed E-state index contributed by atoms with van der Waals surface area (Å²) in [6.07, 6.45) is 4.71. The minimum Gasteiger partial charge on any atom is -0.496 e. The fourth-order valence-electron chi connectivity index (χ4n) is 2.85. The first-order chi connectivity index (χ1) is 14.0. The van der Waals surface area contributed by atoms with E-state index in [4.69, 9.17) is 9.47 Å². The molecule has 0 N–H and O–H groups in total. The van der Waals surface area contributed by atoms with Gasteiger partial charge in [0.15, 0.2) is 5.78 Å². The second kappa shape index (κ2) is 8.83. The zero-order chi connectivity index (χ0) is 20.8. The van der Waals surface area contributed by atoms with Crippen LogP contribution in [0.2, 0.25) is 0 Å². The van der Waals surface area contributed by atoms with E-state index in [1.807, 2.05) is 12.1 Å². The topological polar surface area (TPSA) is 96.5 Å². The van der Waals surface area contributed by atoms with Gasteiger partial charge in [-0.15, -0.1) is 0 Å². The van der Waals surface area contributed by atoms with Crippen molar-refractivity contribution in [2.24, 2.45) is 0 Å². The lowest BCUT2D eigenvalue weighted by atomic mass is 10.1. The van der Waals surface area contributed by atoms with Crippen molar-refractivity contribution < 1.29 is 19.2 Å². The standard InChI is InChI=1S/C21H19N3O5/c1-28-19-10-8-15(7-9-18(25)17-5-3-4-6-20(17)29-2)13-16(19)14-23-12-11-21(22-23)24(26)27/h3-13H,14H2,1-2H3/b9-7+. The zero-order valence-electron chi connectivity index (χ0n) is 15.9. The fourth-order valence-corrected chi connectivity index (χ4v) is 2.85. The molecule has 0 radical (unpaired) electrons. The fraction of sp³-hybridized carbons (Fsp3) is 0.143.